The van der Waals surface area contributed by atoms with Gasteiger partial charge in [-0.2, -0.15) is 4.31 Å². The largest absolute Gasteiger partial charge is 0.379 e. The van der Waals surface area contributed by atoms with Crippen LogP contribution in [0.1, 0.15) is 12.5 Å². The standard InChI is InChI=1S/C20H22N4O5S3/c1-12-3-4-14(11-16(12)32(27,28)24-6-8-29-9-7-24)21-17(25)13(2)31-20-22-18(26)15-5-10-30-19(15)23-20/h3-5,10-11,13H,6-9H2,1-2H3,(H,21,25)(H,22,23,26). The average Bonchev–Trinajstić information content (AvgIpc) is 3.25. The third-order valence-corrected chi connectivity index (χ3v) is 8.85. The Kier molecular flexibility index (Phi) is 6.67. The molecule has 170 valence electrons. The number of morpholine rings is 1. The van der Waals surface area contributed by atoms with Crippen LogP contribution < -0.4 is 10.9 Å². The molecule has 2 aromatic heterocycles. The lowest BCUT2D eigenvalue weighted by atomic mass is 10.2. The smallest absolute Gasteiger partial charge is 0.260 e. The van der Waals surface area contributed by atoms with Gasteiger partial charge in [-0.15, -0.1) is 11.3 Å². The molecule has 0 radical (unpaired) electrons. The second-order valence-electron chi connectivity index (χ2n) is 7.26. The number of nitrogens with zero attached hydrogens (tertiary/aromatic N) is 2. The summed E-state index contributed by atoms with van der Waals surface area (Å²) in [6, 6.07) is 6.52. The van der Waals surface area contributed by atoms with Gasteiger partial charge in [0, 0.05) is 18.8 Å². The molecule has 0 bridgehead atoms. The fraction of sp³-hybridized carbons (Fsp3) is 0.350. The fourth-order valence-corrected chi connectivity index (χ4v) is 6.53. The third kappa shape index (κ3) is 4.74. The van der Waals surface area contributed by atoms with E-state index in [0.29, 0.717) is 52.9 Å². The Bertz CT molecular complexity index is 1310. The predicted octanol–water partition coefficient (Wildman–Crippen LogP) is 2.43. The van der Waals surface area contributed by atoms with E-state index in [1.165, 1.54) is 21.7 Å². The number of thiophene rings is 1. The molecule has 1 aliphatic rings. The maximum atomic E-state index is 13.1. The molecule has 1 aliphatic heterocycles. The Labute approximate surface area is 193 Å². The Morgan fingerprint density at radius 3 is 2.81 bits per heavy atom. The Balaban J connectivity index is 1.50. The van der Waals surface area contributed by atoms with Crippen molar-refractivity contribution in [2.45, 2.75) is 29.1 Å². The summed E-state index contributed by atoms with van der Waals surface area (Å²) < 4.78 is 32.7. The number of aromatic amines is 1. The number of fused-ring (bicyclic) bond motifs is 1. The molecule has 32 heavy (non-hydrogen) atoms. The minimum atomic E-state index is -3.69. The number of anilines is 1. The number of aryl methyl sites for hydroxylation is 1. The number of sulfonamides is 1. The maximum Gasteiger partial charge on any atom is 0.260 e. The van der Waals surface area contributed by atoms with E-state index in [9.17, 15) is 18.0 Å². The number of carbonyl (C=O) groups excluding carboxylic acids is 1. The van der Waals surface area contributed by atoms with Gasteiger partial charge >= 0.3 is 0 Å². The minimum absolute atomic E-state index is 0.159. The van der Waals surface area contributed by atoms with Gasteiger partial charge in [-0.05, 0) is 43.0 Å². The molecule has 1 amide bonds. The van der Waals surface area contributed by atoms with Crippen LogP contribution in [0.4, 0.5) is 5.69 Å². The first kappa shape index (κ1) is 22.9. The van der Waals surface area contributed by atoms with Crippen molar-refractivity contribution in [3.63, 3.8) is 0 Å². The molecule has 1 aromatic carbocycles. The lowest BCUT2D eigenvalue weighted by molar-refractivity contribution is -0.115. The van der Waals surface area contributed by atoms with Crippen LogP contribution in [-0.2, 0) is 19.6 Å². The summed E-state index contributed by atoms with van der Waals surface area (Å²) in [7, 11) is -3.69. The van der Waals surface area contributed by atoms with Crippen molar-refractivity contribution in [3.8, 4) is 0 Å². The van der Waals surface area contributed by atoms with Crippen LogP contribution in [0.15, 0.2) is 44.5 Å². The van der Waals surface area contributed by atoms with Gasteiger partial charge in [0.05, 0.1) is 28.7 Å². The van der Waals surface area contributed by atoms with Gasteiger partial charge < -0.3 is 15.0 Å². The van der Waals surface area contributed by atoms with E-state index in [1.54, 1.807) is 37.4 Å². The third-order valence-electron chi connectivity index (χ3n) is 5.01. The second-order valence-corrected chi connectivity index (χ2v) is 11.4. The summed E-state index contributed by atoms with van der Waals surface area (Å²) >= 11 is 2.48. The zero-order valence-electron chi connectivity index (χ0n) is 17.5. The van der Waals surface area contributed by atoms with E-state index in [0.717, 1.165) is 11.8 Å². The highest BCUT2D eigenvalue weighted by Gasteiger charge is 2.28. The van der Waals surface area contributed by atoms with Crippen LogP contribution in [0.5, 0.6) is 0 Å². The molecule has 1 saturated heterocycles. The van der Waals surface area contributed by atoms with Crippen molar-refractivity contribution < 1.29 is 17.9 Å². The second kappa shape index (κ2) is 9.32. The lowest BCUT2D eigenvalue weighted by Crippen LogP contribution is -2.40. The number of thioether (sulfide) groups is 1. The van der Waals surface area contributed by atoms with Crippen molar-refractivity contribution in [1.82, 2.24) is 14.3 Å². The number of ether oxygens (including phenoxy) is 1. The molecule has 9 nitrogen and oxygen atoms in total. The van der Waals surface area contributed by atoms with E-state index in [-0.39, 0.29) is 16.4 Å². The van der Waals surface area contributed by atoms with E-state index >= 15 is 0 Å². The van der Waals surface area contributed by atoms with Crippen molar-refractivity contribution in [1.29, 1.82) is 0 Å². The normalized spacial score (nSPS) is 16.2. The van der Waals surface area contributed by atoms with E-state index in [1.807, 2.05) is 0 Å². The Hall–Kier alpha value is -2.25. The first-order valence-electron chi connectivity index (χ1n) is 9.89. The molecule has 2 N–H and O–H groups in total. The quantitative estimate of drug-likeness (QED) is 0.399. The van der Waals surface area contributed by atoms with Crippen molar-refractivity contribution in [3.05, 3.63) is 45.6 Å². The molecule has 0 aliphatic carbocycles. The van der Waals surface area contributed by atoms with Gasteiger partial charge in [0.2, 0.25) is 15.9 Å². The maximum absolute atomic E-state index is 13.1. The average molecular weight is 495 g/mol. The summed E-state index contributed by atoms with van der Waals surface area (Å²) in [5, 5.41) is 4.86. The number of rotatable bonds is 6. The number of aromatic nitrogens is 2. The summed E-state index contributed by atoms with van der Waals surface area (Å²) in [5.41, 5.74) is 0.737. The molecule has 3 aromatic rings. The van der Waals surface area contributed by atoms with Crippen molar-refractivity contribution in [2.24, 2.45) is 0 Å². The molecular weight excluding hydrogens is 472 g/mol. The van der Waals surface area contributed by atoms with Crippen LogP contribution >= 0.6 is 23.1 Å². The summed E-state index contributed by atoms with van der Waals surface area (Å²) in [6.07, 6.45) is 0. The zero-order chi connectivity index (χ0) is 22.9. The molecule has 1 fully saturated rings. The summed E-state index contributed by atoms with van der Waals surface area (Å²) in [5.74, 6) is -0.331. The molecular formula is C20H22N4O5S3. The van der Waals surface area contributed by atoms with E-state index < -0.39 is 15.3 Å². The number of H-pyrrole nitrogens is 1. The molecule has 1 atom stereocenters. The van der Waals surface area contributed by atoms with Gasteiger partial charge in [-0.3, -0.25) is 9.59 Å². The fourth-order valence-electron chi connectivity index (χ4n) is 3.25. The van der Waals surface area contributed by atoms with Gasteiger partial charge in [-0.1, -0.05) is 17.8 Å². The minimum Gasteiger partial charge on any atom is -0.379 e. The molecule has 12 heteroatoms. The number of nitrogens with one attached hydrogen (secondary N) is 2. The van der Waals surface area contributed by atoms with Crippen molar-refractivity contribution >= 4 is 54.9 Å². The number of benzene rings is 1. The van der Waals surface area contributed by atoms with Crippen LogP contribution in [-0.4, -0.2) is 60.2 Å². The van der Waals surface area contributed by atoms with Crippen molar-refractivity contribution in [2.75, 3.05) is 31.6 Å². The van der Waals surface area contributed by atoms with E-state index in [4.69, 9.17) is 4.74 Å². The van der Waals surface area contributed by atoms with Gasteiger partial charge in [0.15, 0.2) is 5.16 Å². The van der Waals surface area contributed by atoms with Gasteiger partial charge in [0.25, 0.3) is 5.56 Å². The lowest BCUT2D eigenvalue weighted by Gasteiger charge is -2.27. The van der Waals surface area contributed by atoms with Crippen LogP contribution in [0, 0.1) is 6.92 Å². The summed E-state index contributed by atoms with van der Waals surface area (Å²) in [6.45, 7) is 4.73. The van der Waals surface area contributed by atoms with Crippen LogP contribution in [0.2, 0.25) is 0 Å². The van der Waals surface area contributed by atoms with Crippen LogP contribution in [0.3, 0.4) is 0 Å². The Morgan fingerprint density at radius 1 is 1.31 bits per heavy atom. The molecule has 0 saturated carbocycles. The monoisotopic (exact) mass is 494 g/mol. The first-order chi connectivity index (χ1) is 15.3. The SMILES string of the molecule is Cc1ccc(NC(=O)C(C)Sc2nc3sccc3c(=O)[nH]2)cc1S(=O)(=O)N1CCOCC1. The van der Waals surface area contributed by atoms with E-state index in [2.05, 4.69) is 15.3 Å². The number of carbonyl (C=O) groups is 1. The summed E-state index contributed by atoms with van der Waals surface area (Å²) in [4.78, 5) is 32.7. The number of hydrogen-bond donors (Lipinski definition) is 2. The van der Waals surface area contributed by atoms with Gasteiger partial charge in [-0.25, -0.2) is 13.4 Å². The molecule has 1 unspecified atom stereocenters. The highest BCUT2D eigenvalue weighted by molar-refractivity contribution is 8.00. The van der Waals surface area contributed by atoms with Gasteiger partial charge in [0.1, 0.15) is 4.83 Å². The zero-order valence-corrected chi connectivity index (χ0v) is 19.9. The molecule has 3 heterocycles. The highest BCUT2D eigenvalue weighted by Crippen LogP contribution is 2.26. The Morgan fingerprint density at radius 2 is 2.06 bits per heavy atom. The highest BCUT2D eigenvalue weighted by atomic mass is 32.2. The predicted molar refractivity (Wildman–Crippen MR) is 125 cm³/mol. The number of amides is 1. The van der Waals surface area contributed by atoms with Crippen LogP contribution in [0.25, 0.3) is 10.2 Å². The molecule has 4 rings (SSSR count). The topological polar surface area (TPSA) is 121 Å². The first-order valence-corrected chi connectivity index (χ1v) is 13.1. The number of hydrogen-bond acceptors (Lipinski definition) is 8. The molecule has 0 spiro atoms.